The van der Waals surface area contributed by atoms with Crippen molar-refractivity contribution in [1.82, 2.24) is 9.55 Å². The van der Waals surface area contributed by atoms with Crippen LogP contribution in [0.4, 0.5) is 0 Å². The van der Waals surface area contributed by atoms with Gasteiger partial charge in [0.25, 0.3) is 0 Å². The Bertz CT molecular complexity index is 615. The molecular formula is C11H10N2O4. The fourth-order valence-corrected chi connectivity index (χ4v) is 1.77. The first-order chi connectivity index (χ1) is 8.00. The maximum absolute atomic E-state index is 11.0. The first-order valence-electron chi connectivity index (χ1n) is 4.91. The van der Waals surface area contributed by atoms with Gasteiger partial charge in [-0.15, -0.1) is 0 Å². The first kappa shape index (κ1) is 11.1. The van der Waals surface area contributed by atoms with Crippen LogP contribution in [0.5, 0.6) is 0 Å². The molecule has 1 heterocycles. The van der Waals surface area contributed by atoms with Gasteiger partial charge in [-0.05, 0) is 19.1 Å². The minimum atomic E-state index is -1.07. The number of nitrogens with zero attached hydrogens (tertiary/aromatic N) is 2. The van der Waals surface area contributed by atoms with Gasteiger partial charge in [-0.2, -0.15) is 0 Å². The van der Waals surface area contributed by atoms with Crippen molar-refractivity contribution < 1.29 is 19.8 Å². The summed E-state index contributed by atoms with van der Waals surface area (Å²) in [4.78, 5) is 25.8. The molecule has 2 aromatic rings. The van der Waals surface area contributed by atoms with Crippen molar-refractivity contribution in [1.29, 1.82) is 0 Å². The lowest BCUT2D eigenvalue weighted by atomic mass is 10.2. The van der Waals surface area contributed by atoms with Crippen LogP contribution in [-0.2, 0) is 11.3 Å². The standard InChI is InChI=1S/C11H10N2O4/c1-6-12-10-7(11(16)17)3-2-4-8(10)13(6)5-9(14)15/h2-4H,5H2,1H3,(H,14,15)(H,16,17). The summed E-state index contributed by atoms with van der Waals surface area (Å²) in [5.41, 5.74) is 0.915. The molecule has 0 saturated heterocycles. The van der Waals surface area contributed by atoms with E-state index in [0.717, 1.165) is 0 Å². The zero-order valence-corrected chi connectivity index (χ0v) is 9.04. The zero-order chi connectivity index (χ0) is 12.6. The number of hydrogen-bond donors (Lipinski definition) is 2. The number of aliphatic carboxylic acids is 1. The van der Waals surface area contributed by atoms with E-state index in [4.69, 9.17) is 10.2 Å². The summed E-state index contributed by atoms with van der Waals surface area (Å²) in [7, 11) is 0. The summed E-state index contributed by atoms with van der Waals surface area (Å²) in [6.45, 7) is 1.42. The quantitative estimate of drug-likeness (QED) is 0.830. The van der Waals surface area contributed by atoms with Crippen LogP contribution in [0.3, 0.4) is 0 Å². The zero-order valence-electron chi connectivity index (χ0n) is 9.04. The molecule has 0 atom stereocenters. The molecule has 0 saturated carbocycles. The van der Waals surface area contributed by atoms with Crippen LogP contribution in [0.15, 0.2) is 18.2 Å². The molecule has 6 heteroatoms. The number of carbonyl (C=O) groups is 2. The Morgan fingerprint density at radius 1 is 1.35 bits per heavy atom. The fraction of sp³-hybridized carbons (Fsp3) is 0.182. The topological polar surface area (TPSA) is 92.4 Å². The summed E-state index contributed by atoms with van der Waals surface area (Å²) >= 11 is 0. The summed E-state index contributed by atoms with van der Waals surface area (Å²) < 4.78 is 1.48. The second-order valence-electron chi connectivity index (χ2n) is 3.62. The summed E-state index contributed by atoms with van der Waals surface area (Å²) in [5, 5.41) is 17.8. The van der Waals surface area contributed by atoms with E-state index in [-0.39, 0.29) is 12.1 Å². The van der Waals surface area contributed by atoms with Crippen LogP contribution in [0.2, 0.25) is 0 Å². The van der Waals surface area contributed by atoms with Crippen LogP contribution in [0, 0.1) is 6.92 Å². The minimum Gasteiger partial charge on any atom is -0.480 e. The van der Waals surface area contributed by atoms with E-state index in [1.54, 1.807) is 19.1 Å². The normalized spacial score (nSPS) is 10.6. The highest BCUT2D eigenvalue weighted by Crippen LogP contribution is 2.19. The second-order valence-corrected chi connectivity index (χ2v) is 3.62. The summed E-state index contributed by atoms with van der Waals surface area (Å²) in [6.07, 6.45) is 0. The number of imidazole rings is 1. The van der Waals surface area contributed by atoms with Crippen molar-refractivity contribution in [3.63, 3.8) is 0 Å². The van der Waals surface area contributed by atoms with E-state index in [1.165, 1.54) is 10.6 Å². The third-order valence-corrected chi connectivity index (χ3v) is 2.49. The van der Waals surface area contributed by atoms with E-state index in [9.17, 15) is 9.59 Å². The van der Waals surface area contributed by atoms with Crippen molar-refractivity contribution in [2.24, 2.45) is 0 Å². The number of aromatic carboxylic acids is 1. The Hall–Kier alpha value is -2.37. The number of hydrogen-bond acceptors (Lipinski definition) is 3. The molecular weight excluding hydrogens is 224 g/mol. The van der Waals surface area contributed by atoms with E-state index < -0.39 is 11.9 Å². The molecule has 0 radical (unpaired) electrons. The average molecular weight is 234 g/mol. The van der Waals surface area contributed by atoms with Crippen molar-refractivity contribution in [3.8, 4) is 0 Å². The number of carboxylic acids is 2. The van der Waals surface area contributed by atoms with Crippen LogP contribution < -0.4 is 0 Å². The number of rotatable bonds is 3. The molecule has 1 aromatic heterocycles. The van der Waals surface area contributed by atoms with E-state index >= 15 is 0 Å². The highest BCUT2D eigenvalue weighted by molar-refractivity contribution is 6.01. The van der Waals surface area contributed by atoms with Crippen LogP contribution in [0.25, 0.3) is 11.0 Å². The predicted molar refractivity (Wildman–Crippen MR) is 59.1 cm³/mol. The highest BCUT2D eigenvalue weighted by atomic mass is 16.4. The van der Waals surface area contributed by atoms with E-state index in [2.05, 4.69) is 4.98 Å². The lowest BCUT2D eigenvalue weighted by Gasteiger charge is -2.02. The molecule has 1 aromatic carbocycles. The van der Waals surface area contributed by atoms with Gasteiger partial charge >= 0.3 is 11.9 Å². The summed E-state index contributed by atoms with van der Waals surface area (Å²) in [6, 6.07) is 4.68. The Labute approximate surface area is 96.1 Å². The Kier molecular flexibility index (Phi) is 2.55. The summed E-state index contributed by atoms with van der Waals surface area (Å²) in [5.74, 6) is -1.58. The van der Waals surface area contributed by atoms with Crippen molar-refractivity contribution in [2.45, 2.75) is 13.5 Å². The molecule has 0 fully saturated rings. The monoisotopic (exact) mass is 234 g/mol. The van der Waals surface area contributed by atoms with Crippen molar-refractivity contribution >= 4 is 23.0 Å². The molecule has 0 aliphatic heterocycles. The Balaban J connectivity index is 2.71. The molecule has 0 aliphatic carbocycles. The minimum absolute atomic E-state index is 0.0785. The number of aryl methyl sites for hydroxylation is 1. The van der Waals surface area contributed by atoms with E-state index in [1.807, 2.05) is 0 Å². The van der Waals surface area contributed by atoms with Crippen LogP contribution >= 0.6 is 0 Å². The number of aromatic nitrogens is 2. The number of para-hydroxylation sites is 1. The Morgan fingerprint density at radius 3 is 2.65 bits per heavy atom. The Morgan fingerprint density at radius 2 is 2.06 bits per heavy atom. The fourth-order valence-electron chi connectivity index (χ4n) is 1.77. The molecule has 88 valence electrons. The van der Waals surface area contributed by atoms with Gasteiger partial charge in [-0.25, -0.2) is 9.78 Å². The number of benzene rings is 1. The van der Waals surface area contributed by atoms with Crippen LogP contribution in [0.1, 0.15) is 16.2 Å². The highest BCUT2D eigenvalue weighted by Gasteiger charge is 2.15. The molecule has 0 bridgehead atoms. The third kappa shape index (κ3) is 1.84. The number of carboxylic acid groups (broad SMARTS) is 2. The molecule has 0 spiro atoms. The van der Waals surface area contributed by atoms with Gasteiger partial charge in [0.2, 0.25) is 0 Å². The molecule has 17 heavy (non-hydrogen) atoms. The smallest absolute Gasteiger partial charge is 0.337 e. The lowest BCUT2D eigenvalue weighted by molar-refractivity contribution is -0.137. The lowest BCUT2D eigenvalue weighted by Crippen LogP contribution is -2.10. The van der Waals surface area contributed by atoms with Gasteiger partial charge < -0.3 is 14.8 Å². The molecule has 6 nitrogen and oxygen atoms in total. The third-order valence-electron chi connectivity index (χ3n) is 2.49. The molecule has 0 unspecified atom stereocenters. The molecule has 0 aliphatic rings. The van der Waals surface area contributed by atoms with Gasteiger partial charge in [-0.1, -0.05) is 6.07 Å². The van der Waals surface area contributed by atoms with Gasteiger partial charge in [0, 0.05) is 0 Å². The second kappa shape index (κ2) is 3.89. The van der Waals surface area contributed by atoms with Gasteiger partial charge in [0.1, 0.15) is 17.9 Å². The van der Waals surface area contributed by atoms with Gasteiger partial charge in [-0.3, -0.25) is 4.79 Å². The van der Waals surface area contributed by atoms with Crippen molar-refractivity contribution in [3.05, 3.63) is 29.6 Å². The molecule has 0 amide bonds. The molecule has 2 rings (SSSR count). The number of fused-ring (bicyclic) bond motifs is 1. The van der Waals surface area contributed by atoms with E-state index in [0.29, 0.717) is 16.9 Å². The van der Waals surface area contributed by atoms with Gasteiger partial charge in [0.05, 0.1) is 11.1 Å². The maximum atomic E-state index is 11.0. The average Bonchev–Trinajstić information content (AvgIpc) is 2.54. The maximum Gasteiger partial charge on any atom is 0.337 e. The predicted octanol–water partition coefficient (Wildman–Crippen LogP) is 1.13. The first-order valence-corrected chi connectivity index (χ1v) is 4.91. The van der Waals surface area contributed by atoms with Gasteiger partial charge in [0.15, 0.2) is 0 Å². The SMILES string of the molecule is Cc1nc2c(C(=O)O)cccc2n1CC(=O)O. The van der Waals surface area contributed by atoms with Crippen LogP contribution in [-0.4, -0.2) is 31.7 Å². The largest absolute Gasteiger partial charge is 0.480 e. The molecule has 2 N–H and O–H groups in total. The van der Waals surface area contributed by atoms with Crippen molar-refractivity contribution in [2.75, 3.05) is 0 Å².